The van der Waals surface area contributed by atoms with Crippen LogP contribution in [0.5, 0.6) is 0 Å². The van der Waals surface area contributed by atoms with Crippen LogP contribution in [0.1, 0.15) is 11.1 Å². The van der Waals surface area contributed by atoms with Gasteiger partial charge in [0.2, 0.25) is 0 Å². The molecule has 0 amide bonds. The predicted octanol–water partition coefficient (Wildman–Crippen LogP) is 1.88. The molecule has 0 radical (unpaired) electrons. The van der Waals surface area contributed by atoms with E-state index in [4.69, 9.17) is 5.26 Å². The molecular weight excluding hydrogens is 164 g/mol. The molecule has 2 rings (SSSR count). The van der Waals surface area contributed by atoms with Crippen molar-refractivity contribution in [2.75, 3.05) is 11.9 Å². The second-order valence-electron chi connectivity index (χ2n) is 2.84. The summed E-state index contributed by atoms with van der Waals surface area (Å²) in [6.45, 7) is 0.630. The molecule has 0 aliphatic carbocycles. The molecule has 13 heavy (non-hydrogen) atoms. The van der Waals surface area contributed by atoms with Gasteiger partial charge >= 0.3 is 0 Å². The molecule has 2 N–H and O–H groups in total. The molecule has 0 bridgehead atoms. The zero-order chi connectivity index (χ0) is 9.26. The minimum absolute atomic E-state index is 0.242. The fourth-order valence-electron chi connectivity index (χ4n) is 1.35. The Morgan fingerprint density at radius 1 is 1.46 bits per heavy atom. The van der Waals surface area contributed by atoms with Crippen LogP contribution in [0.15, 0.2) is 24.3 Å². The Morgan fingerprint density at radius 2 is 2.31 bits per heavy atom. The van der Waals surface area contributed by atoms with Crippen molar-refractivity contribution < 1.29 is 5.11 Å². The molecule has 0 spiro atoms. The summed E-state index contributed by atoms with van der Waals surface area (Å²) >= 11 is 0. The first-order valence-electron chi connectivity index (χ1n) is 3.99. The Bertz CT molecular complexity index is 415. The Kier molecular flexibility index (Phi) is 1.67. The highest BCUT2D eigenvalue weighted by atomic mass is 16.3. The van der Waals surface area contributed by atoms with Crippen LogP contribution < -0.4 is 5.32 Å². The lowest BCUT2D eigenvalue weighted by Gasteiger charge is -2.15. The molecule has 3 nitrogen and oxygen atoms in total. The molecule has 1 heterocycles. The molecule has 0 fully saturated rings. The van der Waals surface area contributed by atoms with Crippen LogP contribution in [0.4, 0.5) is 5.69 Å². The van der Waals surface area contributed by atoms with Crippen LogP contribution >= 0.6 is 0 Å². The van der Waals surface area contributed by atoms with Crippen molar-refractivity contribution in [2.24, 2.45) is 0 Å². The van der Waals surface area contributed by atoms with Crippen LogP contribution in [0.25, 0.3) is 5.76 Å². The lowest BCUT2D eigenvalue weighted by molar-refractivity contribution is 0.509. The summed E-state index contributed by atoms with van der Waals surface area (Å²) in [7, 11) is 0. The first-order chi connectivity index (χ1) is 6.31. The zero-order valence-electron chi connectivity index (χ0n) is 6.91. The number of aliphatic hydroxyl groups excluding tert-OH is 1. The maximum Gasteiger partial charge on any atom is 0.122 e. The van der Waals surface area contributed by atoms with Gasteiger partial charge in [0, 0.05) is 17.8 Å². The molecule has 3 heteroatoms. The van der Waals surface area contributed by atoms with Gasteiger partial charge in [-0.05, 0) is 24.3 Å². The highest BCUT2D eigenvalue weighted by Gasteiger charge is 2.10. The van der Waals surface area contributed by atoms with Crippen molar-refractivity contribution in [3.05, 3.63) is 35.4 Å². The predicted molar refractivity (Wildman–Crippen MR) is 50.3 cm³/mol. The quantitative estimate of drug-likeness (QED) is 0.628. The van der Waals surface area contributed by atoms with E-state index in [-0.39, 0.29) is 5.76 Å². The number of nitrogens with one attached hydrogen (secondary N) is 1. The number of fused-ring (bicyclic) bond motifs is 1. The van der Waals surface area contributed by atoms with Crippen LogP contribution in [-0.2, 0) is 0 Å². The SMILES string of the molecule is N#Cc1ccc2c(c1)C(O)=CCN2. The van der Waals surface area contributed by atoms with Gasteiger partial charge in [-0.25, -0.2) is 0 Å². The smallest absolute Gasteiger partial charge is 0.122 e. The Hall–Kier alpha value is -1.95. The minimum Gasteiger partial charge on any atom is -0.508 e. The summed E-state index contributed by atoms with van der Waals surface area (Å²) in [4.78, 5) is 0. The Balaban J connectivity index is 2.58. The monoisotopic (exact) mass is 172 g/mol. The van der Waals surface area contributed by atoms with Crippen LogP contribution in [0, 0.1) is 11.3 Å². The third-order valence-electron chi connectivity index (χ3n) is 2.01. The molecule has 0 aromatic heterocycles. The normalized spacial score (nSPS) is 13.6. The summed E-state index contributed by atoms with van der Waals surface area (Å²) in [6.07, 6.45) is 1.68. The summed E-state index contributed by atoms with van der Waals surface area (Å²) in [5.41, 5.74) is 2.13. The number of nitrogens with zero attached hydrogens (tertiary/aromatic N) is 1. The van der Waals surface area contributed by atoms with Crippen molar-refractivity contribution in [3.8, 4) is 6.07 Å². The average Bonchev–Trinajstić information content (AvgIpc) is 2.18. The molecular formula is C10H8N2O. The number of aliphatic hydroxyl groups is 1. The fourth-order valence-corrected chi connectivity index (χ4v) is 1.35. The van der Waals surface area contributed by atoms with Crippen LogP contribution in [0.2, 0.25) is 0 Å². The maximum atomic E-state index is 9.49. The van der Waals surface area contributed by atoms with Gasteiger partial charge < -0.3 is 10.4 Å². The summed E-state index contributed by atoms with van der Waals surface area (Å²) in [6, 6.07) is 7.23. The van der Waals surface area contributed by atoms with E-state index in [1.165, 1.54) is 0 Å². The van der Waals surface area contributed by atoms with Crippen LogP contribution in [0.3, 0.4) is 0 Å². The molecule has 0 saturated heterocycles. The van der Waals surface area contributed by atoms with Gasteiger partial charge in [-0.3, -0.25) is 0 Å². The van der Waals surface area contributed by atoms with E-state index in [0.717, 1.165) is 5.69 Å². The standard InChI is InChI=1S/C10H8N2O/c11-6-7-1-2-9-8(5-7)10(13)3-4-12-9/h1-3,5,12-13H,4H2. The Labute approximate surface area is 75.9 Å². The molecule has 1 aromatic carbocycles. The van der Waals surface area contributed by atoms with Gasteiger partial charge in [0.05, 0.1) is 11.6 Å². The highest BCUT2D eigenvalue weighted by Crippen LogP contribution is 2.26. The number of benzene rings is 1. The molecule has 0 unspecified atom stereocenters. The van der Waals surface area contributed by atoms with Gasteiger partial charge in [0.15, 0.2) is 0 Å². The van der Waals surface area contributed by atoms with Gasteiger partial charge in [0.25, 0.3) is 0 Å². The minimum atomic E-state index is 0.242. The Morgan fingerprint density at radius 3 is 3.08 bits per heavy atom. The van der Waals surface area contributed by atoms with Crippen molar-refractivity contribution in [2.45, 2.75) is 0 Å². The lowest BCUT2D eigenvalue weighted by atomic mass is 10.0. The topological polar surface area (TPSA) is 56.0 Å². The fraction of sp³-hybridized carbons (Fsp3) is 0.100. The second kappa shape index (κ2) is 2.83. The molecule has 0 saturated carbocycles. The molecule has 64 valence electrons. The van der Waals surface area contributed by atoms with E-state index in [1.54, 1.807) is 24.3 Å². The molecule has 0 atom stereocenters. The number of anilines is 1. The largest absolute Gasteiger partial charge is 0.508 e. The van der Waals surface area contributed by atoms with E-state index in [0.29, 0.717) is 17.7 Å². The first-order valence-corrected chi connectivity index (χ1v) is 3.99. The average molecular weight is 172 g/mol. The van der Waals surface area contributed by atoms with E-state index in [9.17, 15) is 5.11 Å². The van der Waals surface area contributed by atoms with E-state index in [2.05, 4.69) is 5.32 Å². The second-order valence-corrected chi connectivity index (χ2v) is 2.84. The zero-order valence-corrected chi connectivity index (χ0v) is 6.91. The first kappa shape index (κ1) is 7.69. The molecule has 1 aromatic rings. The van der Waals surface area contributed by atoms with Crippen molar-refractivity contribution >= 4 is 11.4 Å². The van der Waals surface area contributed by atoms with Crippen molar-refractivity contribution in [3.63, 3.8) is 0 Å². The van der Waals surface area contributed by atoms with Gasteiger partial charge in [-0.2, -0.15) is 5.26 Å². The summed E-state index contributed by atoms with van der Waals surface area (Å²) < 4.78 is 0. The number of nitriles is 1. The third-order valence-corrected chi connectivity index (χ3v) is 2.01. The number of hydrogen-bond acceptors (Lipinski definition) is 3. The van der Waals surface area contributed by atoms with Crippen molar-refractivity contribution in [1.29, 1.82) is 5.26 Å². The van der Waals surface area contributed by atoms with Gasteiger partial charge in [-0.15, -0.1) is 0 Å². The maximum absolute atomic E-state index is 9.49. The summed E-state index contributed by atoms with van der Waals surface area (Å²) in [5, 5.41) is 21.2. The van der Waals surface area contributed by atoms with Crippen LogP contribution in [-0.4, -0.2) is 11.7 Å². The third kappa shape index (κ3) is 1.23. The lowest BCUT2D eigenvalue weighted by Crippen LogP contribution is -2.07. The highest BCUT2D eigenvalue weighted by molar-refractivity contribution is 5.76. The van der Waals surface area contributed by atoms with Gasteiger partial charge in [-0.1, -0.05) is 0 Å². The van der Waals surface area contributed by atoms with Crippen molar-refractivity contribution in [1.82, 2.24) is 0 Å². The van der Waals surface area contributed by atoms with Gasteiger partial charge in [0.1, 0.15) is 5.76 Å². The molecule has 1 aliphatic rings. The number of hydrogen-bond donors (Lipinski definition) is 2. The van der Waals surface area contributed by atoms with E-state index >= 15 is 0 Å². The molecule has 1 aliphatic heterocycles. The van der Waals surface area contributed by atoms with E-state index < -0.39 is 0 Å². The number of rotatable bonds is 0. The van der Waals surface area contributed by atoms with E-state index in [1.807, 2.05) is 6.07 Å². The summed E-state index contributed by atoms with van der Waals surface area (Å²) in [5.74, 6) is 0.242.